The van der Waals surface area contributed by atoms with Gasteiger partial charge in [0.05, 0.1) is 28.2 Å². The number of carbonyl (C=O) groups excluding carboxylic acids is 1. The van der Waals surface area contributed by atoms with Gasteiger partial charge in [-0.15, -0.1) is 0 Å². The maximum absolute atomic E-state index is 11.9. The van der Waals surface area contributed by atoms with Gasteiger partial charge >= 0.3 is 0 Å². The third kappa shape index (κ3) is 4.47. The molecule has 0 aliphatic rings. The van der Waals surface area contributed by atoms with Crippen LogP contribution < -0.4 is 10.6 Å². The molecule has 0 saturated heterocycles. The second-order valence-electron chi connectivity index (χ2n) is 3.59. The molecule has 0 aromatic heterocycles. The fourth-order valence-corrected chi connectivity index (χ4v) is 1.59. The lowest BCUT2D eigenvalue weighted by atomic mass is 10.2. The van der Waals surface area contributed by atoms with Crippen LogP contribution in [0.5, 0.6) is 0 Å². The normalized spacial score (nSPS) is 10.3. The van der Waals surface area contributed by atoms with E-state index < -0.39 is 5.91 Å². The van der Waals surface area contributed by atoms with Crippen molar-refractivity contribution in [3.8, 4) is 12.1 Å². The van der Waals surface area contributed by atoms with Crippen molar-refractivity contribution >= 4 is 34.8 Å². The van der Waals surface area contributed by atoms with E-state index >= 15 is 0 Å². The molecule has 7 heteroatoms. The minimum atomic E-state index is -0.610. The second kappa shape index (κ2) is 8.06. The lowest BCUT2D eigenvalue weighted by Crippen LogP contribution is -2.17. The summed E-state index contributed by atoms with van der Waals surface area (Å²) in [6, 6.07) is 8.49. The van der Waals surface area contributed by atoms with Crippen molar-refractivity contribution in [3.05, 3.63) is 40.0 Å². The van der Waals surface area contributed by atoms with Crippen molar-refractivity contribution in [1.29, 1.82) is 10.5 Å². The van der Waals surface area contributed by atoms with Gasteiger partial charge in [-0.05, 0) is 12.1 Å². The molecule has 0 bridgehead atoms. The Balaban J connectivity index is 2.76. The zero-order chi connectivity index (χ0) is 15.0. The molecule has 5 nitrogen and oxygen atoms in total. The number of nitriles is 2. The lowest BCUT2D eigenvalue weighted by Gasteiger charge is -2.07. The molecule has 1 rings (SSSR count). The quantitative estimate of drug-likeness (QED) is 0.497. The summed E-state index contributed by atoms with van der Waals surface area (Å²) < 4.78 is 0. The van der Waals surface area contributed by atoms with Crippen LogP contribution in [0.4, 0.5) is 5.69 Å². The first kappa shape index (κ1) is 15.8. The Labute approximate surface area is 126 Å². The van der Waals surface area contributed by atoms with Crippen LogP contribution in [-0.2, 0) is 4.79 Å². The first-order chi connectivity index (χ1) is 9.60. The summed E-state index contributed by atoms with van der Waals surface area (Å²) in [6.07, 6.45) is 1.53. The third-order valence-electron chi connectivity index (χ3n) is 2.19. The van der Waals surface area contributed by atoms with Gasteiger partial charge in [0.15, 0.2) is 0 Å². The highest BCUT2D eigenvalue weighted by atomic mass is 35.5. The molecule has 102 valence electrons. The van der Waals surface area contributed by atoms with Crippen molar-refractivity contribution in [3.63, 3.8) is 0 Å². The van der Waals surface area contributed by atoms with Crippen molar-refractivity contribution in [2.45, 2.75) is 6.42 Å². The van der Waals surface area contributed by atoms with Crippen LogP contribution in [0, 0.1) is 22.7 Å². The van der Waals surface area contributed by atoms with Gasteiger partial charge < -0.3 is 10.6 Å². The van der Waals surface area contributed by atoms with Gasteiger partial charge in [-0.1, -0.05) is 29.3 Å². The van der Waals surface area contributed by atoms with Gasteiger partial charge in [0, 0.05) is 12.7 Å². The predicted octanol–water partition coefficient (Wildman–Crippen LogP) is 2.84. The maximum atomic E-state index is 11.9. The van der Waals surface area contributed by atoms with Crippen LogP contribution in [-0.4, -0.2) is 12.5 Å². The van der Waals surface area contributed by atoms with Crippen molar-refractivity contribution in [2.75, 3.05) is 11.9 Å². The summed E-state index contributed by atoms with van der Waals surface area (Å²) in [5.74, 6) is -0.610. The molecule has 0 heterocycles. The molecule has 0 fully saturated rings. The third-order valence-corrected chi connectivity index (χ3v) is 3.01. The number of hydrogen-bond donors (Lipinski definition) is 2. The summed E-state index contributed by atoms with van der Waals surface area (Å²) in [5, 5.41) is 23.0. The Morgan fingerprint density at radius 3 is 2.75 bits per heavy atom. The number of benzene rings is 1. The number of hydrogen-bond acceptors (Lipinski definition) is 4. The van der Waals surface area contributed by atoms with E-state index in [0.29, 0.717) is 17.3 Å². The average Bonchev–Trinajstić information content (AvgIpc) is 2.44. The van der Waals surface area contributed by atoms with Crippen LogP contribution in [0.25, 0.3) is 0 Å². The van der Waals surface area contributed by atoms with Crippen molar-refractivity contribution < 1.29 is 4.79 Å². The van der Waals surface area contributed by atoms with E-state index in [2.05, 4.69) is 10.6 Å². The molecule has 1 amide bonds. The Hall–Kier alpha value is -2.21. The first-order valence-corrected chi connectivity index (χ1v) is 6.31. The van der Waals surface area contributed by atoms with E-state index in [1.807, 2.05) is 6.07 Å². The predicted molar refractivity (Wildman–Crippen MR) is 77.0 cm³/mol. The van der Waals surface area contributed by atoms with E-state index in [1.54, 1.807) is 24.3 Å². The van der Waals surface area contributed by atoms with E-state index in [1.165, 1.54) is 6.20 Å². The average molecular weight is 309 g/mol. The molecule has 0 atom stereocenters. The summed E-state index contributed by atoms with van der Waals surface area (Å²) in [7, 11) is 0. The first-order valence-electron chi connectivity index (χ1n) is 5.56. The molecule has 1 aromatic carbocycles. The van der Waals surface area contributed by atoms with Gasteiger partial charge in [0.25, 0.3) is 5.91 Å². The zero-order valence-corrected chi connectivity index (χ0v) is 11.8. The van der Waals surface area contributed by atoms with Crippen LogP contribution in [0.2, 0.25) is 10.0 Å². The van der Waals surface area contributed by atoms with Gasteiger partial charge in [-0.2, -0.15) is 10.5 Å². The highest BCUT2D eigenvalue weighted by molar-refractivity contribution is 6.44. The van der Waals surface area contributed by atoms with Crippen molar-refractivity contribution in [2.24, 2.45) is 0 Å². The smallest absolute Gasteiger partial charge is 0.267 e. The molecule has 0 spiro atoms. The SMILES string of the molecule is N#CCCN/C=C(/C#N)C(=O)Nc1cccc(Cl)c1Cl. The fourth-order valence-electron chi connectivity index (χ4n) is 1.24. The number of halogens is 2. The number of nitrogens with zero attached hydrogens (tertiary/aromatic N) is 2. The lowest BCUT2D eigenvalue weighted by molar-refractivity contribution is -0.112. The van der Waals surface area contributed by atoms with Crippen molar-refractivity contribution in [1.82, 2.24) is 5.32 Å². The van der Waals surface area contributed by atoms with Gasteiger partial charge in [0.2, 0.25) is 0 Å². The van der Waals surface area contributed by atoms with Crippen LogP contribution in [0.1, 0.15) is 6.42 Å². The summed E-state index contributed by atoms with van der Waals surface area (Å²) in [5.41, 5.74) is 0.196. The molecule has 2 N–H and O–H groups in total. The molecule has 0 aliphatic heterocycles. The topological polar surface area (TPSA) is 88.7 Å². The Morgan fingerprint density at radius 1 is 1.35 bits per heavy atom. The van der Waals surface area contributed by atoms with E-state index in [4.69, 9.17) is 33.7 Å². The van der Waals surface area contributed by atoms with E-state index in [-0.39, 0.29) is 17.0 Å². The van der Waals surface area contributed by atoms with Gasteiger partial charge in [-0.3, -0.25) is 4.79 Å². The molecule has 0 unspecified atom stereocenters. The molecule has 0 aliphatic carbocycles. The Bertz CT molecular complexity index is 614. The number of rotatable bonds is 5. The Morgan fingerprint density at radius 2 is 2.10 bits per heavy atom. The standard InChI is InChI=1S/C13H10Cl2N4O/c14-10-3-1-4-11(12(10)15)19-13(20)9(7-17)8-18-6-2-5-16/h1,3-4,8,18H,2,6H2,(H,19,20)/b9-8-. The summed E-state index contributed by atoms with van der Waals surface area (Å²) in [4.78, 5) is 11.9. The molecular weight excluding hydrogens is 299 g/mol. The minimum absolute atomic E-state index is 0.126. The van der Waals surface area contributed by atoms with E-state index in [0.717, 1.165) is 0 Å². The number of anilines is 1. The van der Waals surface area contributed by atoms with Gasteiger partial charge in [0.1, 0.15) is 11.6 Å². The summed E-state index contributed by atoms with van der Waals surface area (Å²) in [6.45, 7) is 0.354. The Kier molecular flexibility index (Phi) is 6.39. The number of amides is 1. The zero-order valence-electron chi connectivity index (χ0n) is 10.3. The van der Waals surface area contributed by atoms with Gasteiger partial charge in [-0.25, -0.2) is 0 Å². The molecule has 0 radical (unpaired) electrons. The van der Waals surface area contributed by atoms with Crippen LogP contribution >= 0.6 is 23.2 Å². The van der Waals surface area contributed by atoms with Crippen LogP contribution in [0.3, 0.4) is 0 Å². The second-order valence-corrected chi connectivity index (χ2v) is 4.37. The molecule has 0 saturated carbocycles. The highest BCUT2D eigenvalue weighted by Gasteiger charge is 2.12. The molecule has 20 heavy (non-hydrogen) atoms. The highest BCUT2D eigenvalue weighted by Crippen LogP contribution is 2.29. The number of nitrogens with one attached hydrogen (secondary N) is 2. The largest absolute Gasteiger partial charge is 0.389 e. The number of carbonyl (C=O) groups is 1. The van der Waals surface area contributed by atoms with Crippen LogP contribution in [0.15, 0.2) is 30.0 Å². The molecular formula is C13H10Cl2N4O. The minimum Gasteiger partial charge on any atom is -0.389 e. The monoisotopic (exact) mass is 308 g/mol. The molecule has 1 aromatic rings. The maximum Gasteiger partial charge on any atom is 0.267 e. The summed E-state index contributed by atoms with van der Waals surface area (Å²) >= 11 is 11.8. The van der Waals surface area contributed by atoms with E-state index in [9.17, 15) is 4.79 Å². The fraction of sp³-hybridized carbons (Fsp3) is 0.154.